The Bertz CT molecular complexity index is 1180. The van der Waals surface area contributed by atoms with Crippen molar-refractivity contribution in [3.8, 4) is 17.1 Å². The lowest BCUT2D eigenvalue weighted by Gasteiger charge is -2.08. The molecule has 2 aromatic heterocycles. The maximum atomic E-state index is 12.3. The van der Waals surface area contributed by atoms with Crippen molar-refractivity contribution in [2.75, 3.05) is 13.7 Å². The summed E-state index contributed by atoms with van der Waals surface area (Å²) in [6.07, 6.45) is 9.16. The number of nitrogens with one attached hydrogen (secondary N) is 2. The minimum atomic E-state index is -0.159. The van der Waals surface area contributed by atoms with Gasteiger partial charge >= 0.3 is 0 Å². The molecule has 0 saturated carbocycles. The number of H-pyrrole nitrogens is 1. The molecular weight excluding hydrogens is 378 g/mol. The molecule has 30 heavy (non-hydrogen) atoms. The topological polar surface area (TPSA) is 83.8 Å². The van der Waals surface area contributed by atoms with Crippen molar-refractivity contribution in [3.05, 3.63) is 78.9 Å². The van der Waals surface area contributed by atoms with Gasteiger partial charge in [0.2, 0.25) is 17.8 Å². The molecule has 0 atom stereocenters. The quantitative estimate of drug-likeness (QED) is 0.369. The van der Waals surface area contributed by atoms with Gasteiger partial charge < -0.3 is 10.1 Å². The summed E-state index contributed by atoms with van der Waals surface area (Å²) in [6, 6.07) is 15.5. The Balaban J connectivity index is 1.39. The van der Waals surface area contributed by atoms with Crippen molar-refractivity contribution in [1.29, 1.82) is 0 Å². The molecule has 0 fully saturated rings. The van der Waals surface area contributed by atoms with E-state index >= 15 is 0 Å². The first-order valence-electron chi connectivity index (χ1n) is 9.63. The molecular formula is C23H22N5O2+. The van der Waals surface area contributed by atoms with E-state index in [1.165, 1.54) is 6.08 Å². The summed E-state index contributed by atoms with van der Waals surface area (Å²) in [5, 5.41) is 2.93. The molecule has 150 valence electrons. The number of nitrogens with zero attached hydrogens (tertiary/aromatic N) is 3. The lowest BCUT2D eigenvalue weighted by atomic mass is 10.0. The zero-order chi connectivity index (χ0) is 20.8. The van der Waals surface area contributed by atoms with Gasteiger partial charge in [0.1, 0.15) is 6.20 Å². The summed E-state index contributed by atoms with van der Waals surface area (Å²) in [7, 11) is 1.63. The SMILES string of the molecule is COc1cccc2c1[nH]c[n+]2/C=C/C(=O)NCCc1ccccc1-c1ncccn1. The maximum absolute atomic E-state index is 12.3. The molecule has 7 nitrogen and oxygen atoms in total. The average Bonchev–Trinajstić information content (AvgIpc) is 3.22. The zero-order valence-electron chi connectivity index (χ0n) is 16.6. The lowest BCUT2D eigenvalue weighted by molar-refractivity contribution is -0.538. The molecule has 7 heteroatoms. The van der Waals surface area contributed by atoms with E-state index in [1.54, 1.807) is 38.1 Å². The summed E-state index contributed by atoms with van der Waals surface area (Å²) in [5.41, 5.74) is 3.87. The number of aromatic nitrogens is 4. The van der Waals surface area contributed by atoms with Crippen LogP contribution in [0.4, 0.5) is 0 Å². The van der Waals surface area contributed by atoms with E-state index in [1.807, 2.05) is 47.0 Å². The summed E-state index contributed by atoms with van der Waals surface area (Å²) in [4.78, 5) is 24.1. The fraction of sp³-hybridized carbons (Fsp3) is 0.130. The van der Waals surface area contributed by atoms with Crippen molar-refractivity contribution < 1.29 is 14.1 Å². The van der Waals surface area contributed by atoms with Gasteiger partial charge in [-0.25, -0.2) is 19.5 Å². The molecule has 0 aliphatic rings. The minimum Gasteiger partial charge on any atom is -0.492 e. The Labute approximate surface area is 174 Å². The molecule has 0 saturated heterocycles. The number of hydrogen-bond donors (Lipinski definition) is 2. The van der Waals surface area contributed by atoms with Gasteiger partial charge in [0.15, 0.2) is 17.1 Å². The fourth-order valence-electron chi connectivity index (χ4n) is 3.30. The zero-order valence-corrected chi connectivity index (χ0v) is 16.6. The number of hydrogen-bond acceptors (Lipinski definition) is 4. The third-order valence-electron chi connectivity index (χ3n) is 4.75. The van der Waals surface area contributed by atoms with E-state index < -0.39 is 0 Å². The van der Waals surface area contributed by atoms with Gasteiger partial charge in [0, 0.05) is 30.6 Å². The molecule has 0 spiro atoms. The first kappa shape index (κ1) is 19.3. The number of imidazole rings is 1. The standard InChI is InChI=1S/C23H21N5O2/c1-30-20-9-4-8-19-22(20)27-16-28(19)15-11-21(29)24-14-10-17-6-2-3-7-18(17)23-25-12-5-13-26-23/h2-9,11-13,15-16H,10,14H2,1H3,(H,24,29)/p+1/b15-11+. The number of aromatic amines is 1. The number of para-hydroxylation sites is 1. The third kappa shape index (κ3) is 4.20. The predicted octanol–water partition coefficient (Wildman–Crippen LogP) is 2.75. The normalized spacial score (nSPS) is 11.1. The number of amides is 1. The second-order valence-corrected chi connectivity index (χ2v) is 6.62. The van der Waals surface area contributed by atoms with Gasteiger partial charge in [0.25, 0.3) is 0 Å². The van der Waals surface area contributed by atoms with Crippen LogP contribution < -0.4 is 14.6 Å². The highest BCUT2D eigenvalue weighted by Gasteiger charge is 2.12. The molecule has 2 aromatic carbocycles. The molecule has 2 N–H and O–H groups in total. The predicted molar refractivity (Wildman–Crippen MR) is 115 cm³/mol. The van der Waals surface area contributed by atoms with Crippen LogP contribution in [0.2, 0.25) is 0 Å². The molecule has 0 radical (unpaired) electrons. The summed E-state index contributed by atoms with van der Waals surface area (Å²) >= 11 is 0. The Morgan fingerprint density at radius 1 is 1.13 bits per heavy atom. The van der Waals surface area contributed by atoms with Crippen molar-refractivity contribution >= 4 is 23.1 Å². The fourth-order valence-corrected chi connectivity index (χ4v) is 3.30. The Kier molecular flexibility index (Phi) is 5.80. The van der Waals surface area contributed by atoms with Crippen LogP contribution in [0.5, 0.6) is 5.75 Å². The van der Waals surface area contributed by atoms with Crippen LogP contribution >= 0.6 is 0 Å². The number of methoxy groups -OCH3 is 1. The highest BCUT2D eigenvalue weighted by atomic mass is 16.5. The van der Waals surface area contributed by atoms with Crippen LogP contribution in [0.1, 0.15) is 5.56 Å². The van der Waals surface area contributed by atoms with E-state index in [0.717, 1.165) is 27.9 Å². The van der Waals surface area contributed by atoms with Gasteiger partial charge in [-0.15, -0.1) is 0 Å². The second kappa shape index (κ2) is 9.00. The van der Waals surface area contributed by atoms with Crippen LogP contribution in [-0.4, -0.2) is 34.5 Å². The summed E-state index contributed by atoms with van der Waals surface area (Å²) < 4.78 is 7.19. The highest BCUT2D eigenvalue weighted by molar-refractivity contribution is 5.89. The number of ether oxygens (including phenoxy) is 1. The molecule has 0 bridgehead atoms. The Hall–Kier alpha value is -4.00. The van der Waals surface area contributed by atoms with E-state index in [9.17, 15) is 4.79 Å². The van der Waals surface area contributed by atoms with Gasteiger partial charge in [-0.1, -0.05) is 30.3 Å². The van der Waals surface area contributed by atoms with Gasteiger partial charge in [-0.05, 0) is 30.2 Å². The molecule has 0 aliphatic heterocycles. The molecule has 2 heterocycles. The van der Waals surface area contributed by atoms with Gasteiger partial charge in [-0.2, -0.15) is 0 Å². The van der Waals surface area contributed by atoms with Crippen LogP contribution in [0.25, 0.3) is 28.6 Å². The molecule has 1 amide bonds. The molecule has 0 unspecified atom stereocenters. The van der Waals surface area contributed by atoms with Gasteiger partial charge in [0.05, 0.1) is 7.11 Å². The number of carbonyl (C=O) groups excluding carboxylic acids is 1. The second-order valence-electron chi connectivity index (χ2n) is 6.62. The highest BCUT2D eigenvalue weighted by Crippen LogP contribution is 2.21. The van der Waals surface area contributed by atoms with E-state index in [0.29, 0.717) is 18.8 Å². The van der Waals surface area contributed by atoms with Crippen LogP contribution in [0.15, 0.2) is 73.3 Å². The molecule has 4 rings (SSSR count). The van der Waals surface area contributed by atoms with Crippen molar-refractivity contribution in [2.24, 2.45) is 0 Å². The van der Waals surface area contributed by atoms with E-state index in [2.05, 4.69) is 20.3 Å². The third-order valence-corrected chi connectivity index (χ3v) is 4.75. The van der Waals surface area contributed by atoms with Gasteiger partial charge in [-0.3, -0.25) is 4.79 Å². The van der Waals surface area contributed by atoms with Crippen LogP contribution in [0, 0.1) is 0 Å². The van der Waals surface area contributed by atoms with Crippen molar-refractivity contribution in [2.45, 2.75) is 6.42 Å². The van der Waals surface area contributed by atoms with Crippen LogP contribution in [0.3, 0.4) is 0 Å². The van der Waals surface area contributed by atoms with E-state index in [4.69, 9.17) is 4.74 Å². The average molecular weight is 400 g/mol. The Morgan fingerprint density at radius 3 is 2.80 bits per heavy atom. The maximum Gasteiger partial charge on any atom is 0.247 e. The number of rotatable bonds is 7. The first-order chi connectivity index (χ1) is 14.8. The van der Waals surface area contributed by atoms with E-state index in [-0.39, 0.29) is 5.91 Å². The number of fused-ring (bicyclic) bond motifs is 1. The smallest absolute Gasteiger partial charge is 0.247 e. The largest absolute Gasteiger partial charge is 0.492 e. The number of benzene rings is 2. The van der Waals surface area contributed by atoms with Crippen molar-refractivity contribution in [3.63, 3.8) is 0 Å². The first-order valence-corrected chi connectivity index (χ1v) is 9.63. The molecule has 0 aliphatic carbocycles. The van der Waals surface area contributed by atoms with Crippen LogP contribution in [-0.2, 0) is 11.2 Å². The number of carbonyl (C=O) groups is 1. The summed E-state index contributed by atoms with van der Waals surface area (Å²) in [5.74, 6) is 1.28. The summed E-state index contributed by atoms with van der Waals surface area (Å²) in [6.45, 7) is 0.513. The minimum absolute atomic E-state index is 0.159. The molecule has 4 aromatic rings. The van der Waals surface area contributed by atoms with Crippen molar-refractivity contribution in [1.82, 2.24) is 20.3 Å². The Morgan fingerprint density at radius 2 is 1.97 bits per heavy atom. The lowest BCUT2D eigenvalue weighted by Crippen LogP contribution is -2.27. The monoisotopic (exact) mass is 400 g/mol.